The number of anilines is 1. The summed E-state index contributed by atoms with van der Waals surface area (Å²) in [5.41, 5.74) is 1.74. The van der Waals surface area contributed by atoms with Crippen LogP contribution in [0.3, 0.4) is 0 Å². The molecule has 0 radical (unpaired) electrons. The molecule has 0 bridgehead atoms. The van der Waals surface area contributed by atoms with E-state index in [0.29, 0.717) is 5.69 Å². The number of nitrogens with one attached hydrogen (secondary N) is 1. The van der Waals surface area contributed by atoms with Crippen LogP contribution in [0, 0.1) is 6.92 Å². The molecule has 0 spiro atoms. The topological polar surface area (TPSA) is 12.0 Å². The molecule has 0 unspecified atom stereocenters. The zero-order chi connectivity index (χ0) is 9.84. The van der Waals surface area contributed by atoms with Crippen molar-refractivity contribution in [1.82, 2.24) is 0 Å². The Bertz CT molecular complexity index is 289. The molecule has 1 aromatic rings. The number of halogens is 3. The zero-order valence-electron chi connectivity index (χ0n) is 7.15. The van der Waals surface area contributed by atoms with Crippen molar-refractivity contribution in [1.29, 1.82) is 0 Å². The molecule has 0 aromatic heterocycles. The highest BCUT2D eigenvalue weighted by Crippen LogP contribution is 2.25. The van der Waals surface area contributed by atoms with E-state index in [1.807, 2.05) is 19.1 Å². The van der Waals surface area contributed by atoms with E-state index in [1.165, 1.54) is 0 Å². The lowest BCUT2D eigenvalue weighted by Crippen LogP contribution is -2.10. The van der Waals surface area contributed by atoms with Crippen LogP contribution in [0.1, 0.15) is 5.56 Å². The summed E-state index contributed by atoms with van der Waals surface area (Å²) in [7, 11) is 0. The Kier molecular flexibility index (Phi) is 3.66. The molecular weight excluding hydrogens is 240 g/mol. The highest BCUT2D eigenvalue weighted by molar-refractivity contribution is 9.10. The summed E-state index contributed by atoms with van der Waals surface area (Å²) in [5, 5.41) is 2.66. The molecule has 4 heteroatoms. The SMILES string of the molecule is Cc1cccc(NCC(F)F)c1Br. The van der Waals surface area contributed by atoms with Crippen molar-refractivity contribution in [2.75, 3.05) is 11.9 Å². The van der Waals surface area contributed by atoms with Gasteiger partial charge in [-0.2, -0.15) is 0 Å². The molecule has 0 aliphatic heterocycles. The van der Waals surface area contributed by atoms with Gasteiger partial charge in [0, 0.05) is 10.2 Å². The van der Waals surface area contributed by atoms with Crippen molar-refractivity contribution in [3.8, 4) is 0 Å². The van der Waals surface area contributed by atoms with Crippen LogP contribution in [0.25, 0.3) is 0 Å². The van der Waals surface area contributed by atoms with Crippen molar-refractivity contribution in [3.05, 3.63) is 28.2 Å². The predicted molar refractivity (Wildman–Crippen MR) is 53.4 cm³/mol. The van der Waals surface area contributed by atoms with E-state index < -0.39 is 6.43 Å². The average Bonchev–Trinajstić information content (AvgIpc) is 2.07. The monoisotopic (exact) mass is 249 g/mol. The van der Waals surface area contributed by atoms with Gasteiger partial charge in [0.05, 0.1) is 6.54 Å². The van der Waals surface area contributed by atoms with Crippen LogP contribution in [0.4, 0.5) is 14.5 Å². The summed E-state index contributed by atoms with van der Waals surface area (Å²) in [6, 6.07) is 5.50. The molecule has 0 heterocycles. The molecule has 1 nitrogen and oxygen atoms in total. The van der Waals surface area contributed by atoms with Gasteiger partial charge < -0.3 is 5.32 Å². The van der Waals surface area contributed by atoms with E-state index in [2.05, 4.69) is 21.2 Å². The molecule has 13 heavy (non-hydrogen) atoms. The molecule has 0 fully saturated rings. The van der Waals surface area contributed by atoms with Gasteiger partial charge in [0.15, 0.2) is 0 Å². The van der Waals surface area contributed by atoms with Crippen LogP contribution in [-0.2, 0) is 0 Å². The van der Waals surface area contributed by atoms with Crippen molar-refractivity contribution in [2.24, 2.45) is 0 Å². The standard InChI is InChI=1S/C9H10BrF2N/c1-6-3-2-4-7(9(6)10)13-5-8(11)12/h2-4,8,13H,5H2,1H3. The van der Waals surface area contributed by atoms with Gasteiger partial charge in [-0.15, -0.1) is 0 Å². The van der Waals surface area contributed by atoms with Crippen LogP contribution in [-0.4, -0.2) is 13.0 Å². The van der Waals surface area contributed by atoms with Crippen molar-refractivity contribution >= 4 is 21.6 Å². The fraction of sp³-hybridized carbons (Fsp3) is 0.333. The van der Waals surface area contributed by atoms with E-state index >= 15 is 0 Å². The Labute approximate surface area is 84.3 Å². The minimum Gasteiger partial charge on any atom is -0.378 e. The minimum atomic E-state index is -2.33. The summed E-state index contributed by atoms with van der Waals surface area (Å²) in [6.45, 7) is 1.60. The van der Waals surface area contributed by atoms with E-state index in [0.717, 1.165) is 10.0 Å². The second-order valence-corrected chi connectivity index (χ2v) is 3.50. The summed E-state index contributed by atoms with van der Waals surface area (Å²) in [5.74, 6) is 0. The highest BCUT2D eigenvalue weighted by Gasteiger charge is 2.05. The third-order valence-electron chi connectivity index (χ3n) is 1.64. The van der Waals surface area contributed by atoms with Crippen LogP contribution in [0.2, 0.25) is 0 Å². The molecule has 0 atom stereocenters. The first-order chi connectivity index (χ1) is 6.11. The van der Waals surface area contributed by atoms with Gasteiger partial charge in [-0.25, -0.2) is 8.78 Å². The van der Waals surface area contributed by atoms with E-state index in [-0.39, 0.29) is 6.54 Å². The number of hydrogen-bond acceptors (Lipinski definition) is 1. The third-order valence-corrected chi connectivity index (χ3v) is 2.69. The first-order valence-corrected chi connectivity index (χ1v) is 4.67. The first kappa shape index (κ1) is 10.4. The summed E-state index contributed by atoms with van der Waals surface area (Å²) >= 11 is 3.32. The predicted octanol–water partition coefficient (Wildman–Crippen LogP) is 3.43. The van der Waals surface area contributed by atoms with E-state index in [9.17, 15) is 8.78 Å². The Hall–Kier alpha value is -0.640. The van der Waals surface area contributed by atoms with Crippen LogP contribution in [0.15, 0.2) is 22.7 Å². The Morgan fingerprint density at radius 3 is 2.77 bits per heavy atom. The molecule has 0 amide bonds. The molecule has 1 aromatic carbocycles. The van der Waals surface area contributed by atoms with E-state index in [4.69, 9.17) is 0 Å². The maximum atomic E-state index is 11.9. The summed E-state index contributed by atoms with van der Waals surface area (Å²) < 4.78 is 24.6. The lowest BCUT2D eigenvalue weighted by Gasteiger charge is -2.09. The Morgan fingerprint density at radius 2 is 2.15 bits per heavy atom. The van der Waals surface area contributed by atoms with Gasteiger partial charge in [-0.1, -0.05) is 12.1 Å². The van der Waals surface area contributed by atoms with Gasteiger partial charge in [-0.3, -0.25) is 0 Å². The number of alkyl halides is 2. The zero-order valence-corrected chi connectivity index (χ0v) is 8.74. The van der Waals surface area contributed by atoms with Crippen molar-refractivity contribution < 1.29 is 8.78 Å². The second kappa shape index (κ2) is 4.56. The largest absolute Gasteiger partial charge is 0.378 e. The number of hydrogen-bond donors (Lipinski definition) is 1. The first-order valence-electron chi connectivity index (χ1n) is 3.88. The molecule has 0 aliphatic rings. The maximum absolute atomic E-state index is 11.9. The van der Waals surface area contributed by atoms with Crippen molar-refractivity contribution in [3.63, 3.8) is 0 Å². The third kappa shape index (κ3) is 2.95. The van der Waals surface area contributed by atoms with E-state index in [1.54, 1.807) is 6.07 Å². The summed E-state index contributed by atoms with van der Waals surface area (Å²) in [6.07, 6.45) is -2.33. The molecule has 0 saturated carbocycles. The number of benzene rings is 1. The maximum Gasteiger partial charge on any atom is 0.255 e. The van der Waals surface area contributed by atoms with Gasteiger partial charge in [0.1, 0.15) is 0 Å². The van der Waals surface area contributed by atoms with Gasteiger partial charge >= 0.3 is 0 Å². The van der Waals surface area contributed by atoms with Crippen molar-refractivity contribution in [2.45, 2.75) is 13.3 Å². The highest BCUT2D eigenvalue weighted by atomic mass is 79.9. The molecule has 0 saturated heterocycles. The van der Waals surface area contributed by atoms with Crippen LogP contribution >= 0.6 is 15.9 Å². The quantitative estimate of drug-likeness (QED) is 0.866. The lowest BCUT2D eigenvalue weighted by atomic mass is 10.2. The molecule has 72 valence electrons. The Morgan fingerprint density at radius 1 is 1.46 bits per heavy atom. The summed E-state index contributed by atoms with van der Waals surface area (Å²) in [4.78, 5) is 0. The minimum absolute atomic E-state index is 0.317. The van der Waals surface area contributed by atoms with Gasteiger partial charge in [-0.05, 0) is 34.5 Å². The molecule has 1 rings (SSSR count). The van der Waals surface area contributed by atoms with Crippen LogP contribution < -0.4 is 5.32 Å². The number of rotatable bonds is 3. The fourth-order valence-corrected chi connectivity index (χ4v) is 1.38. The number of aryl methyl sites for hydroxylation is 1. The fourth-order valence-electron chi connectivity index (χ4n) is 0.971. The van der Waals surface area contributed by atoms with Crippen LogP contribution in [0.5, 0.6) is 0 Å². The Balaban J connectivity index is 2.71. The van der Waals surface area contributed by atoms with Gasteiger partial charge in [0.2, 0.25) is 0 Å². The normalized spacial score (nSPS) is 10.5. The molecule has 0 aliphatic carbocycles. The molecule has 1 N–H and O–H groups in total. The molecular formula is C9H10BrF2N. The van der Waals surface area contributed by atoms with Gasteiger partial charge in [0.25, 0.3) is 6.43 Å². The smallest absolute Gasteiger partial charge is 0.255 e. The second-order valence-electron chi connectivity index (χ2n) is 2.71. The lowest BCUT2D eigenvalue weighted by molar-refractivity contribution is 0.163. The average molecular weight is 250 g/mol.